The SMILES string of the molecule is O=C(CN1CCCC1c1cc(C(F)(F)F)c(=O)[nH]n1)C1CCN(c2ncc(C(F)(F)F)cn2)CC1. The fraction of sp³-hybridized carbons (Fsp3) is 0.571. The number of likely N-dealkylation sites (tertiary alicyclic amines) is 1. The molecule has 1 atom stereocenters. The summed E-state index contributed by atoms with van der Waals surface area (Å²) in [6.45, 7) is 1.33. The Morgan fingerprint density at radius 2 is 1.66 bits per heavy atom. The van der Waals surface area contributed by atoms with Crippen molar-refractivity contribution >= 4 is 11.7 Å². The number of carbonyl (C=O) groups excluding carboxylic acids is 1. The van der Waals surface area contributed by atoms with Crippen LogP contribution < -0.4 is 10.5 Å². The maximum atomic E-state index is 13.1. The molecule has 2 aliphatic heterocycles. The lowest BCUT2D eigenvalue weighted by atomic mass is 9.92. The van der Waals surface area contributed by atoms with E-state index in [1.54, 1.807) is 9.80 Å². The molecule has 1 unspecified atom stereocenters. The maximum absolute atomic E-state index is 13.1. The molecule has 2 fully saturated rings. The van der Waals surface area contributed by atoms with Crippen LogP contribution in [0, 0.1) is 5.92 Å². The summed E-state index contributed by atoms with van der Waals surface area (Å²) in [4.78, 5) is 35.5. The van der Waals surface area contributed by atoms with E-state index in [1.807, 2.05) is 5.10 Å². The van der Waals surface area contributed by atoms with E-state index in [2.05, 4.69) is 15.1 Å². The molecule has 2 aromatic heterocycles. The number of rotatable bonds is 5. The third kappa shape index (κ3) is 5.63. The van der Waals surface area contributed by atoms with Gasteiger partial charge < -0.3 is 4.90 Å². The third-order valence-electron chi connectivity index (χ3n) is 6.39. The Bertz CT molecular complexity index is 1110. The zero-order valence-electron chi connectivity index (χ0n) is 18.4. The molecule has 0 aliphatic carbocycles. The van der Waals surface area contributed by atoms with Crippen molar-refractivity contribution in [2.75, 3.05) is 31.1 Å². The number of alkyl halides is 6. The molecular weight excluding hydrogens is 482 g/mol. The highest BCUT2D eigenvalue weighted by Crippen LogP contribution is 2.34. The Labute approximate surface area is 195 Å². The number of nitrogens with zero attached hydrogens (tertiary/aromatic N) is 5. The number of nitrogens with one attached hydrogen (secondary N) is 1. The van der Waals surface area contributed by atoms with E-state index < -0.39 is 35.1 Å². The molecule has 0 aromatic carbocycles. The topological polar surface area (TPSA) is 95.1 Å². The molecule has 2 saturated heterocycles. The van der Waals surface area contributed by atoms with Gasteiger partial charge in [-0.15, -0.1) is 0 Å². The molecule has 0 saturated carbocycles. The van der Waals surface area contributed by atoms with Crippen LogP contribution in [0.15, 0.2) is 23.3 Å². The van der Waals surface area contributed by atoms with Gasteiger partial charge in [-0.3, -0.25) is 14.5 Å². The van der Waals surface area contributed by atoms with Crippen LogP contribution in [0.1, 0.15) is 48.5 Å². The van der Waals surface area contributed by atoms with Crippen molar-refractivity contribution < 1.29 is 31.1 Å². The van der Waals surface area contributed by atoms with Gasteiger partial charge in [0.2, 0.25) is 5.95 Å². The molecule has 2 aliphatic rings. The summed E-state index contributed by atoms with van der Waals surface area (Å²) in [5.41, 5.74) is -3.51. The van der Waals surface area contributed by atoms with Gasteiger partial charge in [0.15, 0.2) is 0 Å². The predicted octanol–water partition coefficient (Wildman–Crippen LogP) is 3.22. The first kappa shape index (κ1) is 25.1. The van der Waals surface area contributed by atoms with Crippen LogP contribution in [0.4, 0.5) is 32.3 Å². The zero-order valence-corrected chi connectivity index (χ0v) is 18.4. The molecule has 14 heteroatoms. The van der Waals surface area contributed by atoms with Crippen molar-refractivity contribution in [2.24, 2.45) is 5.92 Å². The normalized spacial score (nSPS) is 20.4. The molecule has 0 spiro atoms. The lowest BCUT2D eigenvalue weighted by Gasteiger charge is -2.32. The van der Waals surface area contributed by atoms with Gasteiger partial charge in [-0.05, 0) is 38.3 Å². The lowest BCUT2D eigenvalue weighted by Crippen LogP contribution is -2.40. The van der Waals surface area contributed by atoms with Gasteiger partial charge in [0, 0.05) is 31.4 Å². The molecule has 4 rings (SSSR count). The van der Waals surface area contributed by atoms with Gasteiger partial charge in [0.05, 0.1) is 23.8 Å². The zero-order chi connectivity index (χ0) is 25.4. The van der Waals surface area contributed by atoms with E-state index in [4.69, 9.17) is 0 Å². The number of halogens is 6. The Morgan fingerprint density at radius 3 is 2.26 bits per heavy atom. The van der Waals surface area contributed by atoms with E-state index in [1.165, 1.54) is 0 Å². The number of H-pyrrole nitrogens is 1. The van der Waals surface area contributed by atoms with Crippen molar-refractivity contribution in [1.29, 1.82) is 0 Å². The Balaban J connectivity index is 1.36. The quantitative estimate of drug-likeness (QED) is 0.625. The van der Waals surface area contributed by atoms with E-state index in [9.17, 15) is 35.9 Å². The van der Waals surface area contributed by atoms with Gasteiger partial charge in [0.25, 0.3) is 5.56 Å². The van der Waals surface area contributed by atoms with Crippen molar-refractivity contribution in [3.63, 3.8) is 0 Å². The van der Waals surface area contributed by atoms with Crippen LogP contribution in [-0.2, 0) is 17.1 Å². The van der Waals surface area contributed by atoms with Gasteiger partial charge >= 0.3 is 12.4 Å². The fourth-order valence-corrected chi connectivity index (χ4v) is 4.51. The summed E-state index contributed by atoms with van der Waals surface area (Å²) in [6, 6.07) is 0.229. The Hall–Kier alpha value is -3.03. The minimum Gasteiger partial charge on any atom is -0.341 e. The van der Waals surface area contributed by atoms with Crippen LogP contribution in [0.25, 0.3) is 0 Å². The highest BCUT2D eigenvalue weighted by molar-refractivity contribution is 5.83. The second-order valence-corrected chi connectivity index (χ2v) is 8.66. The predicted molar refractivity (Wildman–Crippen MR) is 110 cm³/mol. The smallest absolute Gasteiger partial charge is 0.341 e. The molecule has 1 N–H and O–H groups in total. The minimum atomic E-state index is -4.81. The van der Waals surface area contributed by atoms with E-state index in [0.717, 1.165) is 18.5 Å². The van der Waals surface area contributed by atoms with Gasteiger partial charge in [-0.25, -0.2) is 15.1 Å². The van der Waals surface area contributed by atoms with Crippen LogP contribution in [0.2, 0.25) is 0 Å². The highest BCUT2D eigenvalue weighted by Gasteiger charge is 2.38. The number of carbonyl (C=O) groups is 1. The standard InChI is InChI=1S/C21H22F6N6O2/c22-20(23,24)13-9-28-19(29-10-13)32-6-3-12(4-7-32)17(34)11-33-5-1-2-16(33)15-8-14(21(25,26)27)18(35)31-30-15/h8-10,12,16H,1-7,11H2,(H,31,35). The first-order chi connectivity index (χ1) is 16.4. The number of hydrogen-bond acceptors (Lipinski definition) is 7. The molecular formula is C21H22F6N6O2. The summed E-state index contributed by atoms with van der Waals surface area (Å²) >= 11 is 0. The van der Waals surface area contributed by atoms with Gasteiger partial charge in [0.1, 0.15) is 11.3 Å². The first-order valence-electron chi connectivity index (χ1n) is 11.0. The summed E-state index contributed by atoms with van der Waals surface area (Å²) in [5, 5.41) is 5.69. The number of anilines is 1. The molecule has 0 amide bonds. The number of ketones is 1. The largest absolute Gasteiger partial charge is 0.421 e. The van der Waals surface area contributed by atoms with Crippen molar-refractivity contribution in [3.8, 4) is 0 Å². The van der Waals surface area contributed by atoms with Crippen molar-refractivity contribution in [2.45, 2.75) is 44.1 Å². The molecule has 8 nitrogen and oxygen atoms in total. The van der Waals surface area contributed by atoms with E-state index in [-0.39, 0.29) is 29.9 Å². The van der Waals surface area contributed by atoms with Crippen molar-refractivity contribution in [3.05, 3.63) is 45.6 Å². The summed E-state index contributed by atoms with van der Waals surface area (Å²) < 4.78 is 77.4. The molecule has 2 aromatic rings. The number of hydrogen-bond donors (Lipinski definition) is 1. The summed E-state index contributed by atoms with van der Waals surface area (Å²) in [6.07, 6.45) is -5.80. The molecule has 0 radical (unpaired) electrons. The van der Waals surface area contributed by atoms with Crippen LogP contribution in [0.3, 0.4) is 0 Å². The second kappa shape index (κ2) is 9.55. The Morgan fingerprint density at radius 1 is 1.00 bits per heavy atom. The van der Waals surface area contributed by atoms with E-state index >= 15 is 0 Å². The minimum absolute atomic E-state index is 0.0360. The average Bonchev–Trinajstić information content (AvgIpc) is 3.26. The molecule has 0 bridgehead atoms. The van der Waals surface area contributed by atoms with Crippen molar-refractivity contribution in [1.82, 2.24) is 25.1 Å². The number of aromatic amines is 1. The number of aromatic nitrogens is 4. The number of piperidine rings is 1. The maximum Gasteiger partial charge on any atom is 0.421 e. The lowest BCUT2D eigenvalue weighted by molar-refractivity contribution is -0.139. The number of Topliss-reactive ketones (excluding diaryl/α,β-unsaturated/α-hetero) is 1. The van der Waals surface area contributed by atoms with Crippen LogP contribution in [-0.4, -0.2) is 57.0 Å². The third-order valence-corrected chi connectivity index (χ3v) is 6.39. The Kier molecular flexibility index (Phi) is 6.84. The summed E-state index contributed by atoms with van der Waals surface area (Å²) in [7, 11) is 0. The monoisotopic (exact) mass is 504 g/mol. The molecule has 35 heavy (non-hydrogen) atoms. The van der Waals surface area contributed by atoms with Gasteiger partial charge in [-0.1, -0.05) is 0 Å². The molecule has 190 valence electrons. The second-order valence-electron chi connectivity index (χ2n) is 8.66. The van der Waals surface area contributed by atoms with Crippen LogP contribution >= 0.6 is 0 Å². The fourth-order valence-electron chi connectivity index (χ4n) is 4.51. The molecule has 4 heterocycles. The first-order valence-corrected chi connectivity index (χ1v) is 11.0. The van der Waals surface area contributed by atoms with Gasteiger partial charge in [-0.2, -0.15) is 31.4 Å². The van der Waals surface area contributed by atoms with E-state index in [0.29, 0.717) is 45.3 Å². The average molecular weight is 504 g/mol. The van der Waals surface area contributed by atoms with Crippen LogP contribution in [0.5, 0.6) is 0 Å². The summed E-state index contributed by atoms with van der Waals surface area (Å²) in [5.74, 6) is -0.199. The highest BCUT2D eigenvalue weighted by atomic mass is 19.4.